The maximum Gasteiger partial charge on any atom is 0.0840 e. The average Bonchev–Trinajstić information content (AvgIpc) is 2.65. The number of aromatic nitrogens is 3. The van der Waals surface area contributed by atoms with Crippen LogP contribution >= 0.6 is 15.9 Å². The second-order valence-corrected chi connectivity index (χ2v) is 4.73. The Hall–Kier alpha value is -1.16. The van der Waals surface area contributed by atoms with E-state index in [2.05, 4.69) is 58.3 Å². The molecule has 0 atom stereocenters. The summed E-state index contributed by atoms with van der Waals surface area (Å²) in [6, 6.07) is 6.37. The summed E-state index contributed by atoms with van der Waals surface area (Å²) >= 11 is 3.40. The molecule has 2 rings (SSSR count). The first-order valence-corrected chi connectivity index (χ1v) is 6.37. The van der Waals surface area contributed by atoms with Crippen LogP contribution in [0.2, 0.25) is 0 Å². The predicted molar refractivity (Wildman–Crippen MR) is 68.3 cm³/mol. The van der Waals surface area contributed by atoms with Gasteiger partial charge in [-0.15, -0.1) is 5.10 Å². The largest absolute Gasteiger partial charge is 0.220 e. The van der Waals surface area contributed by atoms with Gasteiger partial charge in [-0.2, -0.15) is 0 Å². The van der Waals surface area contributed by atoms with Gasteiger partial charge in [0.25, 0.3) is 0 Å². The number of hydrogen-bond donors (Lipinski definition) is 0. The van der Waals surface area contributed by atoms with Crippen LogP contribution in [-0.2, 0) is 6.42 Å². The van der Waals surface area contributed by atoms with E-state index in [0.717, 1.165) is 23.1 Å². The third-order valence-electron chi connectivity index (χ3n) is 2.36. The maximum absolute atomic E-state index is 4.13. The lowest BCUT2D eigenvalue weighted by Crippen LogP contribution is -1.96. The fourth-order valence-electron chi connectivity index (χ4n) is 1.72. The Labute approximate surface area is 104 Å². The lowest BCUT2D eigenvalue weighted by Gasteiger charge is -2.03. The highest BCUT2D eigenvalue weighted by Crippen LogP contribution is 2.13. The van der Waals surface area contributed by atoms with Crippen LogP contribution in [0.25, 0.3) is 5.69 Å². The third-order valence-corrected chi connectivity index (χ3v) is 2.76. The van der Waals surface area contributed by atoms with Crippen molar-refractivity contribution in [2.75, 3.05) is 5.33 Å². The SMILES string of the molecule is Cc1cc(C)cc(-n2cc(CCBr)nn2)c1. The van der Waals surface area contributed by atoms with Crippen LogP contribution in [0.1, 0.15) is 16.8 Å². The quantitative estimate of drug-likeness (QED) is 0.809. The van der Waals surface area contributed by atoms with Crippen LogP contribution in [0.5, 0.6) is 0 Å². The Morgan fingerprint density at radius 2 is 1.88 bits per heavy atom. The van der Waals surface area contributed by atoms with E-state index in [4.69, 9.17) is 0 Å². The van der Waals surface area contributed by atoms with E-state index >= 15 is 0 Å². The summed E-state index contributed by atoms with van der Waals surface area (Å²) in [4.78, 5) is 0. The first kappa shape index (κ1) is 11.3. The van der Waals surface area contributed by atoms with E-state index in [0.29, 0.717) is 0 Å². The van der Waals surface area contributed by atoms with Gasteiger partial charge in [0.1, 0.15) is 0 Å². The standard InChI is InChI=1S/C12H14BrN3/c1-9-5-10(2)7-12(6-9)16-8-11(3-4-13)14-15-16/h5-8H,3-4H2,1-2H3. The summed E-state index contributed by atoms with van der Waals surface area (Å²) in [5, 5.41) is 9.17. The molecule has 1 aromatic heterocycles. The molecule has 4 heteroatoms. The van der Waals surface area contributed by atoms with Crippen molar-refractivity contribution < 1.29 is 0 Å². The predicted octanol–water partition coefficient (Wildman–Crippen LogP) is 2.82. The fraction of sp³-hybridized carbons (Fsp3) is 0.333. The van der Waals surface area contributed by atoms with Crippen molar-refractivity contribution >= 4 is 15.9 Å². The van der Waals surface area contributed by atoms with Crippen molar-refractivity contribution in [1.82, 2.24) is 15.0 Å². The number of halogens is 1. The number of benzene rings is 1. The fourth-order valence-corrected chi connectivity index (χ4v) is 2.13. The Balaban J connectivity index is 2.34. The van der Waals surface area contributed by atoms with Crippen molar-refractivity contribution in [2.45, 2.75) is 20.3 Å². The van der Waals surface area contributed by atoms with Crippen molar-refractivity contribution in [3.8, 4) is 5.69 Å². The second kappa shape index (κ2) is 4.78. The van der Waals surface area contributed by atoms with E-state index < -0.39 is 0 Å². The van der Waals surface area contributed by atoms with Gasteiger partial charge < -0.3 is 0 Å². The molecule has 0 fully saturated rings. The summed E-state index contributed by atoms with van der Waals surface area (Å²) < 4.78 is 1.83. The zero-order valence-corrected chi connectivity index (χ0v) is 11.0. The molecule has 0 saturated carbocycles. The molecule has 0 unspecified atom stereocenters. The lowest BCUT2D eigenvalue weighted by atomic mass is 10.1. The highest BCUT2D eigenvalue weighted by Gasteiger charge is 2.03. The lowest BCUT2D eigenvalue weighted by molar-refractivity contribution is 0.797. The van der Waals surface area contributed by atoms with Gasteiger partial charge in [0.15, 0.2) is 0 Å². The van der Waals surface area contributed by atoms with Gasteiger partial charge in [-0.1, -0.05) is 27.2 Å². The monoisotopic (exact) mass is 279 g/mol. The van der Waals surface area contributed by atoms with Crippen LogP contribution in [-0.4, -0.2) is 20.3 Å². The van der Waals surface area contributed by atoms with Crippen LogP contribution in [0.4, 0.5) is 0 Å². The summed E-state index contributed by atoms with van der Waals surface area (Å²) in [5.41, 5.74) is 4.57. The van der Waals surface area contributed by atoms with Crippen molar-refractivity contribution in [3.63, 3.8) is 0 Å². The summed E-state index contributed by atoms with van der Waals surface area (Å²) in [7, 11) is 0. The molecule has 0 spiro atoms. The first-order valence-electron chi connectivity index (χ1n) is 5.25. The minimum absolute atomic E-state index is 0.908. The topological polar surface area (TPSA) is 30.7 Å². The minimum Gasteiger partial charge on any atom is -0.220 e. The molecule has 0 aliphatic rings. The molecule has 16 heavy (non-hydrogen) atoms. The van der Waals surface area contributed by atoms with Gasteiger partial charge in [0.05, 0.1) is 17.6 Å². The molecule has 84 valence electrons. The smallest absolute Gasteiger partial charge is 0.0840 e. The molecule has 0 aliphatic carbocycles. The van der Waals surface area contributed by atoms with Gasteiger partial charge in [-0.05, 0) is 37.1 Å². The minimum atomic E-state index is 0.908. The van der Waals surface area contributed by atoms with E-state index in [9.17, 15) is 0 Å². The number of rotatable bonds is 3. The second-order valence-electron chi connectivity index (χ2n) is 3.94. The highest BCUT2D eigenvalue weighted by atomic mass is 79.9. The molecule has 1 aromatic carbocycles. The maximum atomic E-state index is 4.13. The molecule has 2 aromatic rings. The van der Waals surface area contributed by atoms with E-state index in [1.807, 2.05) is 10.9 Å². The Bertz CT molecular complexity index is 471. The van der Waals surface area contributed by atoms with Gasteiger partial charge in [0.2, 0.25) is 0 Å². The molecule has 0 aliphatic heterocycles. The van der Waals surface area contributed by atoms with Crippen LogP contribution < -0.4 is 0 Å². The van der Waals surface area contributed by atoms with Gasteiger partial charge in [0, 0.05) is 11.8 Å². The van der Waals surface area contributed by atoms with Crippen molar-refractivity contribution in [1.29, 1.82) is 0 Å². The van der Waals surface area contributed by atoms with Crippen LogP contribution in [0, 0.1) is 13.8 Å². The number of nitrogens with zero attached hydrogens (tertiary/aromatic N) is 3. The van der Waals surface area contributed by atoms with Gasteiger partial charge in [-0.25, -0.2) is 4.68 Å². The molecule has 0 amide bonds. The van der Waals surface area contributed by atoms with Crippen molar-refractivity contribution in [3.05, 3.63) is 41.2 Å². The normalized spacial score (nSPS) is 10.7. The summed E-state index contributed by atoms with van der Waals surface area (Å²) in [5.74, 6) is 0. The van der Waals surface area contributed by atoms with Gasteiger partial charge >= 0.3 is 0 Å². The van der Waals surface area contributed by atoms with Crippen molar-refractivity contribution in [2.24, 2.45) is 0 Å². The van der Waals surface area contributed by atoms with Gasteiger partial charge in [-0.3, -0.25) is 0 Å². The first-order chi connectivity index (χ1) is 7.69. The van der Waals surface area contributed by atoms with E-state index in [1.54, 1.807) is 0 Å². The van der Waals surface area contributed by atoms with Crippen LogP contribution in [0.15, 0.2) is 24.4 Å². The molecule has 0 saturated heterocycles. The molecular weight excluding hydrogens is 266 g/mol. The molecule has 1 heterocycles. The Morgan fingerprint density at radius 1 is 1.19 bits per heavy atom. The van der Waals surface area contributed by atoms with E-state index in [1.165, 1.54) is 11.1 Å². The molecule has 0 N–H and O–H groups in total. The Morgan fingerprint density at radius 3 is 2.50 bits per heavy atom. The molecular formula is C12H14BrN3. The van der Waals surface area contributed by atoms with Crippen LogP contribution in [0.3, 0.4) is 0 Å². The number of alkyl halides is 1. The summed E-state index contributed by atoms with van der Waals surface area (Å²) in [6.45, 7) is 4.18. The number of hydrogen-bond acceptors (Lipinski definition) is 2. The highest BCUT2D eigenvalue weighted by molar-refractivity contribution is 9.09. The molecule has 3 nitrogen and oxygen atoms in total. The zero-order chi connectivity index (χ0) is 11.5. The molecule has 0 bridgehead atoms. The number of aryl methyl sites for hydroxylation is 3. The summed E-state index contributed by atoms with van der Waals surface area (Å²) in [6.07, 6.45) is 2.89. The van der Waals surface area contributed by atoms with E-state index in [-0.39, 0.29) is 0 Å². The third kappa shape index (κ3) is 2.50. The zero-order valence-electron chi connectivity index (χ0n) is 9.44. The molecule has 0 radical (unpaired) electrons. The Kier molecular flexibility index (Phi) is 3.39. The average molecular weight is 280 g/mol.